The van der Waals surface area contributed by atoms with Gasteiger partial charge >= 0.3 is 6.03 Å². The Hall–Kier alpha value is -1.71. The van der Waals surface area contributed by atoms with Crippen LogP contribution in [0.5, 0.6) is 0 Å². The molecule has 2 saturated heterocycles. The van der Waals surface area contributed by atoms with Crippen molar-refractivity contribution in [2.45, 2.75) is 19.8 Å². The number of urea groups is 1. The van der Waals surface area contributed by atoms with Crippen molar-refractivity contribution in [3.05, 3.63) is 29.8 Å². The van der Waals surface area contributed by atoms with Gasteiger partial charge in [0.1, 0.15) is 0 Å². The van der Waals surface area contributed by atoms with Crippen LogP contribution in [0.25, 0.3) is 0 Å². The van der Waals surface area contributed by atoms with Crippen molar-refractivity contribution >= 4 is 11.7 Å². The van der Waals surface area contributed by atoms with Crippen molar-refractivity contribution in [3.63, 3.8) is 0 Å². The normalized spacial score (nSPS) is 19.6. The highest BCUT2D eigenvalue weighted by Crippen LogP contribution is 2.19. The lowest BCUT2D eigenvalue weighted by Gasteiger charge is -2.37. The molecule has 2 fully saturated rings. The first kappa shape index (κ1) is 13.3. The fourth-order valence-corrected chi connectivity index (χ4v) is 3.09. The predicted octanol–water partition coefficient (Wildman–Crippen LogP) is 2.33. The zero-order valence-electron chi connectivity index (χ0n) is 12.2. The van der Waals surface area contributed by atoms with Crippen LogP contribution in [-0.2, 0) is 0 Å². The van der Waals surface area contributed by atoms with E-state index in [-0.39, 0.29) is 6.03 Å². The molecule has 2 aliphatic heterocycles. The molecule has 0 radical (unpaired) electrons. The Balaban J connectivity index is 1.58. The largest absolute Gasteiger partial charge is 0.368 e. The van der Waals surface area contributed by atoms with E-state index in [1.165, 1.54) is 11.3 Å². The van der Waals surface area contributed by atoms with Crippen LogP contribution in [0.15, 0.2) is 24.3 Å². The molecule has 0 spiro atoms. The molecule has 20 heavy (non-hydrogen) atoms. The lowest BCUT2D eigenvalue weighted by Crippen LogP contribution is -2.52. The van der Waals surface area contributed by atoms with Crippen LogP contribution in [0.1, 0.15) is 18.4 Å². The number of likely N-dealkylation sites (tertiary alicyclic amines) is 1. The molecule has 0 aromatic heterocycles. The molecule has 2 heterocycles. The molecule has 0 saturated carbocycles. The van der Waals surface area contributed by atoms with E-state index in [0.717, 1.165) is 52.1 Å². The zero-order chi connectivity index (χ0) is 13.9. The Kier molecular flexibility index (Phi) is 3.81. The number of carbonyl (C=O) groups is 1. The maximum atomic E-state index is 12.3. The number of carbonyl (C=O) groups excluding carboxylic acids is 1. The standard InChI is InChI=1S/C16H23N3O/c1-14-5-4-6-15(13-14)17-9-11-19(12-10-17)16(20)18-7-2-3-8-18/h4-6,13H,2-3,7-12H2,1H3. The van der Waals surface area contributed by atoms with Gasteiger partial charge in [-0.3, -0.25) is 0 Å². The van der Waals surface area contributed by atoms with E-state index in [2.05, 4.69) is 36.1 Å². The number of amides is 2. The quantitative estimate of drug-likeness (QED) is 0.785. The summed E-state index contributed by atoms with van der Waals surface area (Å²) in [6.45, 7) is 7.54. The molecule has 1 aromatic rings. The smallest absolute Gasteiger partial charge is 0.320 e. The van der Waals surface area contributed by atoms with Gasteiger partial charge < -0.3 is 14.7 Å². The Bertz CT molecular complexity index is 474. The number of piperazine rings is 1. The number of aryl methyl sites for hydroxylation is 1. The average Bonchev–Trinajstić information content (AvgIpc) is 3.01. The number of anilines is 1. The first-order valence-electron chi connectivity index (χ1n) is 7.59. The van der Waals surface area contributed by atoms with Gasteiger partial charge in [-0.2, -0.15) is 0 Å². The van der Waals surface area contributed by atoms with E-state index in [1.807, 2.05) is 9.80 Å². The highest BCUT2D eigenvalue weighted by atomic mass is 16.2. The van der Waals surface area contributed by atoms with Crippen LogP contribution in [-0.4, -0.2) is 55.1 Å². The van der Waals surface area contributed by atoms with Gasteiger partial charge in [-0.25, -0.2) is 4.79 Å². The number of hydrogen-bond donors (Lipinski definition) is 0. The van der Waals surface area contributed by atoms with Gasteiger partial charge in [0.25, 0.3) is 0 Å². The molecule has 4 nitrogen and oxygen atoms in total. The zero-order valence-corrected chi connectivity index (χ0v) is 12.2. The molecule has 0 aliphatic carbocycles. The highest BCUT2D eigenvalue weighted by molar-refractivity contribution is 5.75. The van der Waals surface area contributed by atoms with Gasteiger partial charge in [0.2, 0.25) is 0 Å². The van der Waals surface area contributed by atoms with Crippen molar-refractivity contribution < 1.29 is 4.79 Å². The summed E-state index contributed by atoms with van der Waals surface area (Å²) in [5, 5.41) is 0. The molecule has 0 bridgehead atoms. The minimum Gasteiger partial charge on any atom is -0.368 e. The molecule has 0 unspecified atom stereocenters. The molecule has 0 atom stereocenters. The second-order valence-corrected chi connectivity index (χ2v) is 5.79. The SMILES string of the molecule is Cc1cccc(N2CCN(C(=O)N3CCCC3)CC2)c1. The third-order valence-electron chi connectivity index (χ3n) is 4.29. The van der Waals surface area contributed by atoms with E-state index in [1.54, 1.807) is 0 Å². The summed E-state index contributed by atoms with van der Waals surface area (Å²) in [5.74, 6) is 0. The summed E-state index contributed by atoms with van der Waals surface area (Å²) in [5.41, 5.74) is 2.57. The Morgan fingerprint density at radius 3 is 2.25 bits per heavy atom. The van der Waals surface area contributed by atoms with Gasteiger partial charge in [0.05, 0.1) is 0 Å². The second kappa shape index (κ2) is 5.73. The molecule has 108 valence electrons. The topological polar surface area (TPSA) is 26.8 Å². The van der Waals surface area contributed by atoms with Crippen LogP contribution in [0.2, 0.25) is 0 Å². The maximum Gasteiger partial charge on any atom is 0.320 e. The molecule has 4 heteroatoms. The highest BCUT2D eigenvalue weighted by Gasteiger charge is 2.26. The van der Waals surface area contributed by atoms with E-state index in [0.29, 0.717) is 0 Å². The van der Waals surface area contributed by atoms with Crippen molar-refractivity contribution in [1.29, 1.82) is 0 Å². The fraction of sp³-hybridized carbons (Fsp3) is 0.562. The molecule has 1 aromatic carbocycles. The summed E-state index contributed by atoms with van der Waals surface area (Å²) < 4.78 is 0. The van der Waals surface area contributed by atoms with E-state index in [4.69, 9.17) is 0 Å². The number of rotatable bonds is 1. The first-order valence-corrected chi connectivity index (χ1v) is 7.59. The Morgan fingerprint density at radius 1 is 0.950 bits per heavy atom. The van der Waals surface area contributed by atoms with Crippen molar-refractivity contribution in [3.8, 4) is 0 Å². The van der Waals surface area contributed by atoms with Crippen LogP contribution in [0, 0.1) is 6.92 Å². The van der Waals surface area contributed by atoms with Crippen LogP contribution in [0.3, 0.4) is 0 Å². The van der Waals surface area contributed by atoms with Gasteiger partial charge in [-0.15, -0.1) is 0 Å². The number of nitrogens with zero attached hydrogens (tertiary/aromatic N) is 3. The monoisotopic (exact) mass is 273 g/mol. The predicted molar refractivity (Wildman–Crippen MR) is 81.2 cm³/mol. The van der Waals surface area contributed by atoms with Crippen LogP contribution >= 0.6 is 0 Å². The lowest BCUT2D eigenvalue weighted by atomic mass is 10.2. The van der Waals surface area contributed by atoms with Crippen molar-refractivity contribution in [2.75, 3.05) is 44.2 Å². The van der Waals surface area contributed by atoms with Crippen LogP contribution < -0.4 is 4.90 Å². The summed E-state index contributed by atoms with van der Waals surface area (Å²) in [6, 6.07) is 8.85. The van der Waals surface area contributed by atoms with Gasteiger partial charge in [-0.05, 0) is 37.5 Å². The molecule has 0 N–H and O–H groups in total. The van der Waals surface area contributed by atoms with Gasteiger partial charge in [0, 0.05) is 45.0 Å². The van der Waals surface area contributed by atoms with E-state index < -0.39 is 0 Å². The molecule has 3 rings (SSSR count). The van der Waals surface area contributed by atoms with E-state index in [9.17, 15) is 4.79 Å². The minimum absolute atomic E-state index is 0.242. The van der Waals surface area contributed by atoms with Crippen molar-refractivity contribution in [2.24, 2.45) is 0 Å². The fourth-order valence-electron chi connectivity index (χ4n) is 3.09. The second-order valence-electron chi connectivity index (χ2n) is 5.79. The minimum atomic E-state index is 0.242. The van der Waals surface area contributed by atoms with Gasteiger partial charge in [-0.1, -0.05) is 12.1 Å². The maximum absolute atomic E-state index is 12.3. The van der Waals surface area contributed by atoms with E-state index >= 15 is 0 Å². The number of benzene rings is 1. The molecule has 2 amide bonds. The average molecular weight is 273 g/mol. The third-order valence-corrected chi connectivity index (χ3v) is 4.29. The Labute approximate surface area is 121 Å². The summed E-state index contributed by atoms with van der Waals surface area (Å²) >= 11 is 0. The first-order chi connectivity index (χ1) is 9.74. The Morgan fingerprint density at radius 2 is 1.60 bits per heavy atom. The summed E-state index contributed by atoms with van der Waals surface area (Å²) in [6.07, 6.45) is 2.32. The molecule has 2 aliphatic rings. The number of hydrogen-bond acceptors (Lipinski definition) is 2. The van der Waals surface area contributed by atoms with Crippen LogP contribution in [0.4, 0.5) is 10.5 Å². The molecular weight excluding hydrogens is 250 g/mol. The summed E-state index contributed by atoms with van der Waals surface area (Å²) in [4.78, 5) is 18.7. The third kappa shape index (κ3) is 2.74. The molecular formula is C16H23N3O. The van der Waals surface area contributed by atoms with Gasteiger partial charge in [0.15, 0.2) is 0 Å². The lowest BCUT2D eigenvalue weighted by molar-refractivity contribution is 0.159. The summed E-state index contributed by atoms with van der Waals surface area (Å²) in [7, 11) is 0. The van der Waals surface area contributed by atoms with Crippen molar-refractivity contribution in [1.82, 2.24) is 9.80 Å².